The van der Waals surface area contributed by atoms with E-state index >= 15 is 0 Å². The summed E-state index contributed by atoms with van der Waals surface area (Å²) in [4.78, 5) is 17.5. The Labute approximate surface area is 169 Å². The van der Waals surface area contributed by atoms with Gasteiger partial charge in [-0.2, -0.15) is 4.68 Å². The lowest BCUT2D eigenvalue weighted by molar-refractivity contribution is 0.0746. The van der Waals surface area contributed by atoms with E-state index in [-0.39, 0.29) is 5.91 Å². The molecule has 8 nitrogen and oxygen atoms in total. The monoisotopic (exact) mass is 392 g/mol. The van der Waals surface area contributed by atoms with E-state index in [0.29, 0.717) is 18.7 Å². The summed E-state index contributed by atoms with van der Waals surface area (Å²) in [7, 11) is 1.67. The Balaban J connectivity index is 1.54. The average Bonchev–Trinajstić information content (AvgIpc) is 3.29. The Morgan fingerprint density at radius 1 is 1.07 bits per heavy atom. The highest BCUT2D eigenvalue weighted by atomic mass is 16.5. The van der Waals surface area contributed by atoms with Crippen LogP contribution in [0.15, 0.2) is 42.7 Å². The number of carbonyl (C=O) groups excluding carboxylic acids is 1. The largest absolute Gasteiger partial charge is 0.497 e. The van der Waals surface area contributed by atoms with Crippen LogP contribution in [0.5, 0.6) is 5.75 Å². The van der Waals surface area contributed by atoms with Crippen LogP contribution in [0.3, 0.4) is 0 Å². The molecule has 3 aromatic rings. The van der Waals surface area contributed by atoms with Crippen molar-refractivity contribution in [3.05, 3.63) is 59.4 Å². The number of aromatic nitrogens is 4. The normalized spacial score (nSPS) is 14.2. The summed E-state index contributed by atoms with van der Waals surface area (Å²) in [5, 5.41) is 11.5. The highest BCUT2D eigenvalue weighted by Crippen LogP contribution is 2.25. The van der Waals surface area contributed by atoms with Crippen molar-refractivity contribution in [2.24, 2.45) is 0 Å². The third kappa shape index (κ3) is 3.65. The second-order valence-corrected chi connectivity index (χ2v) is 7.14. The van der Waals surface area contributed by atoms with Gasteiger partial charge in [-0.15, -0.1) is 5.10 Å². The molecule has 0 radical (unpaired) electrons. The smallest absolute Gasteiger partial charge is 0.256 e. The van der Waals surface area contributed by atoms with Gasteiger partial charge in [0.05, 0.1) is 18.4 Å². The third-order valence-corrected chi connectivity index (χ3v) is 5.50. The predicted molar refractivity (Wildman–Crippen MR) is 110 cm³/mol. The van der Waals surface area contributed by atoms with Crippen LogP contribution in [-0.4, -0.2) is 64.3 Å². The fourth-order valence-electron chi connectivity index (χ4n) is 3.68. The molecule has 2 heterocycles. The van der Waals surface area contributed by atoms with Crippen LogP contribution >= 0.6 is 0 Å². The molecule has 1 amide bonds. The molecule has 0 unspecified atom stereocenters. The van der Waals surface area contributed by atoms with Gasteiger partial charge in [0, 0.05) is 37.9 Å². The Hall–Kier alpha value is -3.42. The summed E-state index contributed by atoms with van der Waals surface area (Å²) in [5.74, 6) is 0.839. The second kappa shape index (κ2) is 7.90. The zero-order chi connectivity index (χ0) is 20.4. The van der Waals surface area contributed by atoms with E-state index in [1.165, 1.54) is 6.33 Å². The number of tetrazole rings is 1. The minimum Gasteiger partial charge on any atom is -0.497 e. The van der Waals surface area contributed by atoms with Gasteiger partial charge in [0.25, 0.3) is 5.91 Å². The minimum absolute atomic E-state index is 0.00360. The number of amides is 1. The maximum atomic E-state index is 13.3. The van der Waals surface area contributed by atoms with Crippen molar-refractivity contribution in [2.75, 3.05) is 38.2 Å². The number of ether oxygens (including phenoxy) is 1. The van der Waals surface area contributed by atoms with Crippen molar-refractivity contribution in [1.82, 2.24) is 25.1 Å². The third-order valence-electron chi connectivity index (χ3n) is 5.50. The molecule has 1 saturated heterocycles. The first kappa shape index (κ1) is 18.9. The summed E-state index contributed by atoms with van der Waals surface area (Å²) in [6.07, 6.45) is 1.53. The van der Waals surface area contributed by atoms with Crippen LogP contribution in [0.2, 0.25) is 0 Å². The molecule has 0 bridgehead atoms. The number of benzene rings is 2. The van der Waals surface area contributed by atoms with E-state index in [9.17, 15) is 4.79 Å². The number of aryl methyl sites for hydroxylation is 1. The van der Waals surface area contributed by atoms with E-state index in [2.05, 4.69) is 26.5 Å². The van der Waals surface area contributed by atoms with Crippen LogP contribution in [0, 0.1) is 13.8 Å². The lowest BCUT2D eigenvalue weighted by atomic mass is 10.0. The lowest BCUT2D eigenvalue weighted by Crippen LogP contribution is -2.49. The van der Waals surface area contributed by atoms with Crippen molar-refractivity contribution >= 4 is 11.6 Å². The van der Waals surface area contributed by atoms with E-state index < -0.39 is 0 Å². The van der Waals surface area contributed by atoms with Gasteiger partial charge in [-0.3, -0.25) is 4.79 Å². The quantitative estimate of drug-likeness (QED) is 0.678. The molecule has 0 atom stereocenters. The molecular formula is C21H24N6O2. The Morgan fingerprint density at radius 2 is 1.86 bits per heavy atom. The molecule has 1 aliphatic rings. The highest BCUT2D eigenvalue weighted by molar-refractivity contribution is 5.98. The Bertz CT molecular complexity index is 1010. The topological polar surface area (TPSA) is 76.4 Å². The van der Waals surface area contributed by atoms with E-state index in [1.54, 1.807) is 11.8 Å². The first-order valence-corrected chi connectivity index (χ1v) is 9.60. The number of rotatable bonds is 4. The first-order chi connectivity index (χ1) is 14.1. The molecule has 29 heavy (non-hydrogen) atoms. The fraction of sp³-hybridized carbons (Fsp3) is 0.333. The van der Waals surface area contributed by atoms with Crippen molar-refractivity contribution in [2.45, 2.75) is 13.8 Å². The van der Waals surface area contributed by atoms with Crippen LogP contribution in [0.25, 0.3) is 5.69 Å². The molecule has 1 fully saturated rings. The van der Waals surface area contributed by atoms with E-state index in [0.717, 1.165) is 41.3 Å². The van der Waals surface area contributed by atoms with Gasteiger partial charge >= 0.3 is 0 Å². The average molecular weight is 392 g/mol. The molecule has 2 aromatic carbocycles. The van der Waals surface area contributed by atoms with Gasteiger partial charge < -0.3 is 14.5 Å². The van der Waals surface area contributed by atoms with Gasteiger partial charge in [-0.1, -0.05) is 12.1 Å². The number of methoxy groups -OCH3 is 1. The number of hydrogen-bond donors (Lipinski definition) is 0. The number of hydrogen-bond acceptors (Lipinski definition) is 6. The summed E-state index contributed by atoms with van der Waals surface area (Å²) in [5.41, 5.74) is 4.57. The molecule has 8 heteroatoms. The van der Waals surface area contributed by atoms with Crippen molar-refractivity contribution in [3.8, 4) is 11.4 Å². The van der Waals surface area contributed by atoms with Crippen LogP contribution in [0.4, 0.5) is 5.69 Å². The zero-order valence-electron chi connectivity index (χ0n) is 16.9. The molecule has 0 N–H and O–H groups in total. The van der Waals surface area contributed by atoms with Gasteiger partial charge in [0.2, 0.25) is 0 Å². The molecule has 0 spiro atoms. The molecule has 1 aliphatic heterocycles. The number of carbonyl (C=O) groups is 1. The number of piperazine rings is 1. The van der Waals surface area contributed by atoms with Crippen molar-refractivity contribution < 1.29 is 9.53 Å². The van der Waals surface area contributed by atoms with Crippen LogP contribution in [0.1, 0.15) is 21.5 Å². The molecule has 1 aromatic heterocycles. The first-order valence-electron chi connectivity index (χ1n) is 9.60. The summed E-state index contributed by atoms with van der Waals surface area (Å²) >= 11 is 0. The highest BCUT2D eigenvalue weighted by Gasteiger charge is 2.26. The van der Waals surface area contributed by atoms with Crippen molar-refractivity contribution in [1.29, 1.82) is 0 Å². The summed E-state index contributed by atoms with van der Waals surface area (Å²) < 4.78 is 6.89. The molecule has 150 valence electrons. The van der Waals surface area contributed by atoms with E-state index in [4.69, 9.17) is 4.74 Å². The standard InChI is InChI=1S/C21H24N6O2/c1-15-7-8-19(20(16(15)2)27-14-22-23-24-27)21(28)26-11-9-25(10-12-26)17-5-4-6-18(13-17)29-3/h4-8,13-14H,9-12H2,1-3H3. The number of anilines is 1. The van der Waals surface area contributed by atoms with Gasteiger partial charge in [-0.05, 0) is 53.6 Å². The fourth-order valence-corrected chi connectivity index (χ4v) is 3.68. The Morgan fingerprint density at radius 3 is 2.55 bits per heavy atom. The van der Waals surface area contributed by atoms with Crippen LogP contribution < -0.4 is 9.64 Å². The second-order valence-electron chi connectivity index (χ2n) is 7.14. The maximum Gasteiger partial charge on any atom is 0.256 e. The predicted octanol–water partition coefficient (Wildman–Crippen LogP) is 2.25. The SMILES string of the molecule is COc1cccc(N2CCN(C(=O)c3ccc(C)c(C)c3-n3cnnn3)CC2)c1. The Kier molecular flexibility index (Phi) is 5.16. The zero-order valence-corrected chi connectivity index (χ0v) is 16.9. The molecule has 0 saturated carbocycles. The van der Waals surface area contributed by atoms with Crippen molar-refractivity contribution in [3.63, 3.8) is 0 Å². The summed E-state index contributed by atoms with van der Waals surface area (Å²) in [6.45, 7) is 6.85. The van der Waals surface area contributed by atoms with Crippen LogP contribution in [-0.2, 0) is 0 Å². The molecular weight excluding hydrogens is 368 g/mol. The lowest BCUT2D eigenvalue weighted by Gasteiger charge is -2.36. The maximum absolute atomic E-state index is 13.3. The number of nitrogens with zero attached hydrogens (tertiary/aromatic N) is 6. The molecule has 0 aliphatic carbocycles. The molecule has 4 rings (SSSR count). The van der Waals surface area contributed by atoms with Gasteiger partial charge in [0.15, 0.2) is 0 Å². The summed E-state index contributed by atoms with van der Waals surface area (Å²) in [6, 6.07) is 11.9. The van der Waals surface area contributed by atoms with E-state index in [1.807, 2.05) is 49.1 Å². The van der Waals surface area contributed by atoms with Gasteiger partial charge in [0.1, 0.15) is 12.1 Å². The van der Waals surface area contributed by atoms with Gasteiger partial charge in [-0.25, -0.2) is 0 Å². The minimum atomic E-state index is 0.00360.